The zero-order valence-electron chi connectivity index (χ0n) is 14.6. The Morgan fingerprint density at radius 1 is 1.29 bits per heavy atom. The van der Waals surface area contributed by atoms with E-state index in [1.54, 1.807) is 0 Å². The quantitative estimate of drug-likeness (QED) is 0.805. The average molecular weight is 344 g/mol. The molecule has 0 unspecified atom stereocenters. The summed E-state index contributed by atoms with van der Waals surface area (Å²) >= 11 is 1.82. The maximum absolute atomic E-state index is 12.8. The van der Waals surface area contributed by atoms with Gasteiger partial charge in [-0.25, -0.2) is 0 Å². The predicted octanol–water partition coefficient (Wildman–Crippen LogP) is 2.89. The minimum Gasteiger partial charge on any atom is -0.338 e. The third-order valence-corrected chi connectivity index (χ3v) is 5.76. The van der Waals surface area contributed by atoms with E-state index in [0.29, 0.717) is 6.54 Å². The minimum atomic E-state index is 0.0766. The molecule has 128 valence electrons. The van der Waals surface area contributed by atoms with Gasteiger partial charge in [-0.2, -0.15) is 0 Å². The van der Waals surface area contributed by atoms with Crippen molar-refractivity contribution in [1.29, 1.82) is 0 Å². The maximum Gasteiger partial charge on any atom is 0.278 e. The molecule has 3 nitrogen and oxygen atoms in total. The number of quaternary nitrogens is 1. The number of nitrogens with two attached hydrogens (primary N) is 1. The van der Waals surface area contributed by atoms with E-state index >= 15 is 0 Å². The number of carbonyl (C=O) groups excluding carboxylic acids is 1. The van der Waals surface area contributed by atoms with E-state index in [1.807, 2.05) is 11.3 Å². The average Bonchev–Trinajstić information content (AvgIpc) is 3.07. The van der Waals surface area contributed by atoms with Crippen molar-refractivity contribution in [3.8, 4) is 0 Å². The lowest BCUT2D eigenvalue weighted by atomic mass is 9.92. The highest BCUT2D eigenvalue weighted by Gasteiger charge is 2.33. The van der Waals surface area contributed by atoms with Gasteiger partial charge in [-0.15, -0.1) is 11.3 Å². The van der Waals surface area contributed by atoms with Crippen molar-refractivity contribution in [2.45, 2.75) is 39.2 Å². The first-order valence-corrected chi connectivity index (χ1v) is 9.82. The van der Waals surface area contributed by atoms with E-state index in [2.05, 4.69) is 59.8 Å². The van der Waals surface area contributed by atoms with Crippen LogP contribution in [0.5, 0.6) is 0 Å². The number of hydrogen-bond donors (Lipinski definition) is 1. The largest absolute Gasteiger partial charge is 0.338 e. The molecule has 0 saturated carbocycles. The van der Waals surface area contributed by atoms with Crippen LogP contribution in [0.4, 0.5) is 0 Å². The number of rotatable bonds is 6. The van der Waals surface area contributed by atoms with E-state index in [1.165, 1.54) is 34.4 Å². The molecular weight excluding hydrogens is 316 g/mol. The monoisotopic (exact) mass is 343 g/mol. The smallest absolute Gasteiger partial charge is 0.278 e. The van der Waals surface area contributed by atoms with E-state index in [4.69, 9.17) is 0 Å². The molecule has 0 spiro atoms. The molecule has 1 aliphatic rings. The van der Waals surface area contributed by atoms with Crippen LogP contribution in [-0.4, -0.2) is 30.4 Å². The molecule has 2 aromatic rings. The SMILES string of the molecule is CCCC[NH2+]CC(=O)N1CCc2sccc2[C@H]1c1ccc(C)cc1. The highest BCUT2D eigenvalue weighted by atomic mass is 32.1. The van der Waals surface area contributed by atoms with Gasteiger partial charge in [0.25, 0.3) is 5.91 Å². The Labute approximate surface area is 148 Å². The number of aryl methyl sites for hydroxylation is 1. The molecule has 3 rings (SSSR count). The van der Waals surface area contributed by atoms with Gasteiger partial charge in [0.05, 0.1) is 12.6 Å². The molecule has 1 aromatic carbocycles. The van der Waals surface area contributed by atoms with E-state index in [9.17, 15) is 4.79 Å². The lowest BCUT2D eigenvalue weighted by molar-refractivity contribution is -0.644. The van der Waals surface area contributed by atoms with Crippen molar-refractivity contribution < 1.29 is 10.1 Å². The van der Waals surface area contributed by atoms with Crippen LogP contribution in [0.15, 0.2) is 35.7 Å². The molecule has 1 aliphatic heterocycles. The standard InChI is InChI=1S/C20H26N2OS/c1-3-4-11-21-14-19(23)22-12-9-18-17(10-13-24-18)20(22)16-7-5-15(2)6-8-16/h5-8,10,13,20-21H,3-4,9,11-12,14H2,1-2H3/p+1/t20-/m1/s1. The van der Waals surface area contributed by atoms with Crippen LogP contribution in [0.3, 0.4) is 0 Å². The molecule has 0 aliphatic carbocycles. The summed E-state index contributed by atoms with van der Waals surface area (Å²) in [5, 5.41) is 4.31. The normalized spacial score (nSPS) is 16.9. The van der Waals surface area contributed by atoms with Crippen LogP contribution in [-0.2, 0) is 11.2 Å². The second-order valence-corrected chi connectivity index (χ2v) is 7.59. The number of benzene rings is 1. The van der Waals surface area contributed by atoms with Gasteiger partial charge in [-0.3, -0.25) is 4.79 Å². The number of fused-ring (bicyclic) bond motifs is 1. The Kier molecular flexibility index (Phi) is 5.69. The Bertz CT molecular complexity index is 677. The van der Waals surface area contributed by atoms with Gasteiger partial charge in [-0.05, 0) is 42.3 Å². The highest BCUT2D eigenvalue weighted by Crippen LogP contribution is 2.37. The first-order chi connectivity index (χ1) is 11.7. The van der Waals surface area contributed by atoms with Gasteiger partial charge in [0, 0.05) is 11.4 Å². The topological polar surface area (TPSA) is 36.9 Å². The number of carbonyl (C=O) groups is 1. The van der Waals surface area contributed by atoms with Crippen LogP contribution in [0.2, 0.25) is 0 Å². The van der Waals surface area contributed by atoms with Gasteiger partial charge < -0.3 is 10.2 Å². The van der Waals surface area contributed by atoms with E-state index < -0.39 is 0 Å². The maximum atomic E-state index is 12.8. The third kappa shape index (κ3) is 3.70. The Morgan fingerprint density at radius 3 is 2.83 bits per heavy atom. The van der Waals surface area contributed by atoms with E-state index in [0.717, 1.165) is 19.5 Å². The molecule has 1 amide bonds. The Hall–Kier alpha value is -1.65. The van der Waals surface area contributed by atoms with Crippen LogP contribution >= 0.6 is 11.3 Å². The van der Waals surface area contributed by atoms with Crippen molar-refractivity contribution in [3.63, 3.8) is 0 Å². The predicted molar refractivity (Wildman–Crippen MR) is 99.3 cm³/mol. The van der Waals surface area contributed by atoms with E-state index in [-0.39, 0.29) is 11.9 Å². The minimum absolute atomic E-state index is 0.0766. The van der Waals surface area contributed by atoms with Crippen molar-refractivity contribution in [1.82, 2.24) is 4.90 Å². The third-order valence-electron chi connectivity index (χ3n) is 4.76. The van der Waals surface area contributed by atoms with Crippen LogP contribution in [0, 0.1) is 6.92 Å². The van der Waals surface area contributed by atoms with Crippen molar-refractivity contribution in [3.05, 3.63) is 57.3 Å². The fourth-order valence-electron chi connectivity index (χ4n) is 3.38. The second-order valence-electron chi connectivity index (χ2n) is 6.58. The summed E-state index contributed by atoms with van der Waals surface area (Å²) in [6.07, 6.45) is 3.33. The molecule has 0 saturated heterocycles. The number of hydrogen-bond acceptors (Lipinski definition) is 2. The first-order valence-electron chi connectivity index (χ1n) is 8.94. The zero-order chi connectivity index (χ0) is 16.9. The summed E-state index contributed by atoms with van der Waals surface area (Å²) in [5.74, 6) is 0.258. The zero-order valence-corrected chi connectivity index (χ0v) is 15.4. The molecule has 0 radical (unpaired) electrons. The van der Waals surface area contributed by atoms with Crippen LogP contribution in [0.1, 0.15) is 47.4 Å². The number of nitrogens with zero attached hydrogens (tertiary/aromatic N) is 1. The lowest BCUT2D eigenvalue weighted by Gasteiger charge is -2.36. The fraction of sp³-hybridized carbons (Fsp3) is 0.450. The summed E-state index contributed by atoms with van der Waals surface area (Å²) in [7, 11) is 0. The molecule has 1 aromatic heterocycles. The highest BCUT2D eigenvalue weighted by molar-refractivity contribution is 7.10. The molecule has 0 fully saturated rings. The summed E-state index contributed by atoms with van der Waals surface area (Å²) < 4.78 is 0. The summed E-state index contributed by atoms with van der Waals surface area (Å²) in [5.41, 5.74) is 3.80. The molecular formula is C20H27N2OS+. The summed E-state index contributed by atoms with van der Waals surface area (Å²) in [4.78, 5) is 16.4. The van der Waals surface area contributed by atoms with Gasteiger partial charge >= 0.3 is 0 Å². The Morgan fingerprint density at radius 2 is 2.08 bits per heavy atom. The molecule has 2 heterocycles. The van der Waals surface area contributed by atoms with Crippen molar-refractivity contribution >= 4 is 17.2 Å². The van der Waals surface area contributed by atoms with Crippen molar-refractivity contribution in [2.75, 3.05) is 19.6 Å². The first kappa shape index (κ1) is 17.2. The van der Waals surface area contributed by atoms with Crippen molar-refractivity contribution in [2.24, 2.45) is 0 Å². The molecule has 24 heavy (non-hydrogen) atoms. The molecule has 4 heteroatoms. The van der Waals surface area contributed by atoms with Gasteiger partial charge in [-0.1, -0.05) is 43.2 Å². The van der Waals surface area contributed by atoms with Gasteiger partial charge in [0.1, 0.15) is 0 Å². The van der Waals surface area contributed by atoms with Gasteiger partial charge in [0.2, 0.25) is 0 Å². The second kappa shape index (κ2) is 7.95. The number of unbranched alkanes of at least 4 members (excludes halogenated alkanes) is 1. The summed E-state index contributed by atoms with van der Waals surface area (Å²) in [6.45, 7) is 6.71. The number of thiophene rings is 1. The lowest BCUT2D eigenvalue weighted by Crippen LogP contribution is -2.86. The van der Waals surface area contributed by atoms with Gasteiger partial charge in [0.15, 0.2) is 6.54 Å². The molecule has 2 N–H and O–H groups in total. The van der Waals surface area contributed by atoms with Crippen LogP contribution in [0.25, 0.3) is 0 Å². The molecule has 1 atom stereocenters. The Balaban J connectivity index is 1.82. The number of amides is 1. The molecule has 0 bridgehead atoms. The van der Waals surface area contributed by atoms with Crippen LogP contribution < -0.4 is 5.32 Å². The summed E-state index contributed by atoms with van der Waals surface area (Å²) in [6, 6.07) is 10.9. The fourth-order valence-corrected chi connectivity index (χ4v) is 4.29.